The summed E-state index contributed by atoms with van der Waals surface area (Å²) in [6.45, 7) is 7.56. The van der Waals surface area contributed by atoms with E-state index < -0.39 is 0 Å². The number of nitrogens with zero attached hydrogens (tertiary/aromatic N) is 4. The number of imidazole rings is 1. The molecular formula is C14H22N6. The van der Waals surface area contributed by atoms with Gasteiger partial charge in [0.1, 0.15) is 11.8 Å². The lowest BCUT2D eigenvalue weighted by molar-refractivity contribution is 0.323. The largest absolute Gasteiger partial charge is 0.354 e. The van der Waals surface area contributed by atoms with Crippen molar-refractivity contribution in [1.29, 1.82) is 0 Å². The summed E-state index contributed by atoms with van der Waals surface area (Å²) < 4.78 is 0. The van der Waals surface area contributed by atoms with E-state index in [9.17, 15) is 0 Å². The molecule has 2 unspecified atom stereocenters. The maximum atomic E-state index is 4.47. The van der Waals surface area contributed by atoms with Crippen LogP contribution in [0.4, 0.5) is 5.82 Å². The van der Waals surface area contributed by atoms with Crippen LogP contribution in [0.15, 0.2) is 12.7 Å². The molecular weight excluding hydrogens is 252 g/mol. The van der Waals surface area contributed by atoms with Gasteiger partial charge in [-0.1, -0.05) is 6.92 Å². The topological polar surface area (TPSA) is 69.7 Å². The summed E-state index contributed by atoms with van der Waals surface area (Å²) in [5, 5.41) is 3.54. The van der Waals surface area contributed by atoms with Crippen molar-refractivity contribution in [2.45, 2.75) is 32.7 Å². The molecule has 3 heterocycles. The van der Waals surface area contributed by atoms with Crippen molar-refractivity contribution in [1.82, 2.24) is 25.3 Å². The van der Waals surface area contributed by atoms with E-state index in [4.69, 9.17) is 0 Å². The third-order valence-corrected chi connectivity index (χ3v) is 4.19. The van der Waals surface area contributed by atoms with Crippen LogP contribution in [0, 0.1) is 5.92 Å². The fourth-order valence-electron chi connectivity index (χ4n) is 3.09. The van der Waals surface area contributed by atoms with Crippen LogP contribution in [0.3, 0.4) is 0 Å². The molecule has 2 atom stereocenters. The van der Waals surface area contributed by atoms with Crippen LogP contribution in [0.2, 0.25) is 0 Å². The van der Waals surface area contributed by atoms with Gasteiger partial charge in [-0.15, -0.1) is 0 Å². The molecule has 0 aromatic carbocycles. The number of fused-ring (bicyclic) bond motifs is 1. The third-order valence-electron chi connectivity index (χ3n) is 4.19. The monoisotopic (exact) mass is 274 g/mol. The molecule has 20 heavy (non-hydrogen) atoms. The smallest absolute Gasteiger partial charge is 0.182 e. The second-order valence-electron chi connectivity index (χ2n) is 5.49. The van der Waals surface area contributed by atoms with Gasteiger partial charge in [-0.3, -0.25) is 0 Å². The standard InChI is InChI=1S/C14H22N6/c1-3-15-10(2)11-5-4-6-20(7-11)14-12-13(17-8-16-12)18-9-19-14/h8-11,15H,3-7H2,1-2H3,(H,16,17,18,19). The minimum atomic E-state index is 0.543. The molecule has 0 radical (unpaired) electrons. The highest BCUT2D eigenvalue weighted by atomic mass is 15.2. The van der Waals surface area contributed by atoms with Gasteiger partial charge in [-0.2, -0.15) is 0 Å². The van der Waals surface area contributed by atoms with Crippen LogP contribution in [0.25, 0.3) is 11.2 Å². The van der Waals surface area contributed by atoms with Gasteiger partial charge in [0.25, 0.3) is 0 Å². The summed E-state index contributed by atoms with van der Waals surface area (Å²) in [4.78, 5) is 18.4. The fraction of sp³-hybridized carbons (Fsp3) is 0.643. The zero-order chi connectivity index (χ0) is 13.9. The highest BCUT2D eigenvalue weighted by Gasteiger charge is 2.26. The third kappa shape index (κ3) is 2.47. The lowest BCUT2D eigenvalue weighted by atomic mass is 9.91. The van der Waals surface area contributed by atoms with Crippen LogP contribution in [-0.4, -0.2) is 45.6 Å². The average Bonchev–Trinajstić information content (AvgIpc) is 2.96. The quantitative estimate of drug-likeness (QED) is 0.885. The predicted molar refractivity (Wildman–Crippen MR) is 79.8 cm³/mol. The van der Waals surface area contributed by atoms with Crippen LogP contribution in [0.1, 0.15) is 26.7 Å². The highest BCUT2D eigenvalue weighted by molar-refractivity contribution is 5.82. The number of hydrogen-bond donors (Lipinski definition) is 2. The Hall–Kier alpha value is -1.69. The van der Waals surface area contributed by atoms with Crippen molar-refractivity contribution in [2.24, 2.45) is 5.92 Å². The van der Waals surface area contributed by atoms with Gasteiger partial charge in [-0.25, -0.2) is 15.0 Å². The van der Waals surface area contributed by atoms with E-state index in [-0.39, 0.29) is 0 Å². The van der Waals surface area contributed by atoms with Crippen molar-refractivity contribution < 1.29 is 0 Å². The Morgan fingerprint density at radius 3 is 3.20 bits per heavy atom. The van der Waals surface area contributed by atoms with Crippen LogP contribution < -0.4 is 10.2 Å². The molecule has 1 saturated heterocycles. The van der Waals surface area contributed by atoms with Crippen LogP contribution >= 0.6 is 0 Å². The maximum Gasteiger partial charge on any atom is 0.182 e. The predicted octanol–water partition coefficient (Wildman–Crippen LogP) is 1.57. The molecule has 0 amide bonds. The van der Waals surface area contributed by atoms with Crippen molar-refractivity contribution >= 4 is 17.0 Å². The molecule has 3 rings (SSSR count). The summed E-state index contributed by atoms with van der Waals surface area (Å²) in [7, 11) is 0. The van der Waals surface area contributed by atoms with Gasteiger partial charge in [0, 0.05) is 19.1 Å². The summed E-state index contributed by atoms with van der Waals surface area (Å²) >= 11 is 0. The first kappa shape index (κ1) is 13.3. The van der Waals surface area contributed by atoms with Gasteiger partial charge in [0.15, 0.2) is 11.5 Å². The average molecular weight is 274 g/mol. The zero-order valence-electron chi connectivity index (χ0n) is 12.1. The lowest BCUT2D eigenvalue weighted by Crippen LogP contribution is -2.44. The Bertz CT molecular complexity index is 566. The van der Waals surface area contributed by atoms with Gasteiger partial charge >= 0.3 is 0 Å². The molecule has 6 nitrogen and oxygen atoms in total. The SMILES string of the molecule is CCNC(C)C1CCCN(c2ncnc3nc[nH]c23)C1. The van der Waals surface area contributed by atoms with Gasteiger partial charge in [0.2, 0.25) is 0 Å². The summed E-state index contributed by atoms with van der Waals surface area (Å²) in [6, 6.07) is 0.543. The number of anilines is 1. The van der Waals surface area contributed by atoms with E-state index in [2.05, 4.69) is 44.0 Å². The first-order valence-corrected chi connectivity index (χ1v) is 7.42. The molecule has 2 N–H and O–H groups in total. The zero-order valence-corrected chi connectivity index (χ0v) is 12.1. The van der Waals surface area contributed by atoms with Gasteiger partial charge < -0.3 is 15.2 Å². The molecule has 1 aliphatic heterocycles. The summed E-state index contributed by atoms with van der Waals surface area (Å²) in [5.74, 6) is 1.65. The molecule has 0 bridgehead atoms. The Balaban J connectivity index is 1.81. The van der Waals surface area contributed by atoms with Crippen LogP contribution in [0.5, 0.6) is 0 Å². The number of rotatable bonds is 4. The Labute approximate surface area is 119 Å². The van der Waals surface area contributed by atoms with Crippen molar-refractivity contribution in [2.75, 3.05) is 24.5 Å². The van der Waals surface area contributed by atoms with Gasteiger partial charge in [0.05, 0.1) is 6.33 Å². The second-order valence-corrected chi connectivity index (χ2v) is 5.49. The summed E-state index contributed by atoms with van der Waals surface area (Å²) in [5.41, 5.74) is 1.70. The Kier molecular flexibility index (Phi) is 3.82. The minimum absolute atomic E-state index is 0.543. The van der Waals surface area contributed by atoms with E-state index in [1.165, 1.54) is 12.8 Å². The maximum absolute atomic E-state index is 4.47. The van der Waals surface area contributed by atoms with Crippen molar-refractivity contribution in [3.05, 3.63) is 12.7 Å². The number of aromatic amines is 1. The number of aromatic nitrogens is 4. The Morgan fingerprint density at radius 1 is 1.45 bits per heavy atom. The lowest BCUT2D eigenvalue weighted by Gasteiger charge is -2.36. The molecule has 1 fully saturated rings. The molecule has 0 aliphatic carbocycles. The first-order chi connectivity index (χ1) is 9.79. The van der Waals surface area contributed by atoms with E-state index >= 15 is 0 Å². The number of nitrogens with one attached hydrogen (secondary N) is 2. The highest BCUT2D eigenvalue weighted by Crippen LogP contribution is 2.27. The van der Waals surface area contributed by atoms with E-state index in [0.717, 1.165) is 36.6 Å². The number of piperidine rings is 1. The molecule has 6 heteroatoms. The molecule has 0 spiro atoms. The summed E-state index contributed by atoms with van der Waals surface area (Å²) in [6.07, 6.45) is 5.78. The number of H-pyrrole nitrogens is 1. The van der Waals surface area contributed by atoms with Crippen molar-refractivity contribution in [3.63, 3.8) is 0 Å². The van der Waals surface area contributed by atoms with Crippen LogP contribution in [-0.2, 0) is 0 Å². The Morgan fingerprint density at radius 2 is 2.35 bits per heavy atom. The number of hydrogen-bond acceptors (Lipinski definition) is 5. The molecule has 2 aromatic heterocycles. The fourth-order valence-corrected chi connectivity index (χ4v) is 3.09. The normalized spacial score (nSPS) is 21.3. The van der Waals surface area contributed by atoms with E-state index in [1.807, 2.05) is 0 Å². The molecule has 108 valence electrons. The molecule has 2 aromatic rings. The molecule has 0 saturated carbocycles. The second kappa shape index (κ2) is 5.75. The molecule has 1 aliphatic rings. The van der Waals surface area contributed by atoms with E-state index in [0.29, 0.717) is 12.0 Å². The minimum Gasteiger partial charge on any atom is -0.354 e. The van der Waals surface area contributed by atoms with Gasteiger partial charge in [-0.05, 0) is 32.2 Å². The van der Waals surface area contributed by atoms with Crippen molar-refractivity contribution in [3.8, 4) is 0 Å². The van der Waals surface area contributed by atoms with E-state index in [1.54, 1.807) is 12.7 Å². The first-order valence-electron chi connectivity index (χ1n) is 7.42.